The molecule has 0 amide bonds. The van der Waals surface area contributed by atoms with Crippen molar-refractivity contribution in [1.82, 2.24) is 0 Å². The number of halogens is 1. The topological polar surface area (TPSA) is 76.0 Å². The molecule has 0 radical (unpaired) electrons. The van der Waals surface area contributed by atoms with Gasteiger partial charge < -0.3 is 9.84 Å². The standard InChI is InChI=1S/C19H24FNO4S/c20-15-7-5-13(6-8-15)14(12-19(22)9-10-19)11-18-21-26(23,24)17-4-2-1-3-16(17)25-18/h5-8,14,16-17,22H,1-4,9-12H2/t14-,16?,17?/m0/s1. The number of nitrogens with zero attached hydrogens (tertiary/aromatic N) is 1. The van der Waals surface area contributed by atoms with Crippen LogP contribution in [0.2, 0.25) is 0 Å². The Morgan fingerprint density at radius 2 is 1.92 bits per heavy atom. The van der Waals surface area contributed by atoms with Gasteiger partial charge in [0.25, 0.3) is 10.0 Å². The van der Waals surface area contributed by atoms with E-state index in [9.17, 15) is 17.9 Å². The maximum Gasteiger partial charge on any atom is 0.262 e. The number of hydrogen-bond acceptors (Lipinski definition) is 4. The lowest BCUT2D eigenvalue weighted by atomic mass is 9.89. The molecule has 3 aliphatic rings. The molecule has 1 heterocycles. The molecule has 1 aliphatic heterocycles. The van der Waals surface area contributed by atoms with Crippen LogP contribution < -0.4 is 0 Å². The average molecular weight is 381 g/mol. The molecule has 26 heavy (non-hydrogen) atoms. The number of sulfonamides is 1. The first-order valence-electron chi connectivity index (χ1n) is 9.32. The summed E-state index contributed by atoms with van der Waals surface area (Å²) >= 11 is 0. The molecule has 2 unspecified atom stereocenters. The zero-order valence-electron chi connectivity index (χ0n) is 14.6. The van der Waals surface area contributed by atoms with Crippen molar-refractivity contribution in [2.75, 3.05) is 0 Å². The van der Waals surface area contributed by atoms with Crippen LogP contribution in [-0.2, 0) is 14.8 Å². The normalized spacial score (nSPS) is 29.8. The first kappa shape index (κ1) is 17.9. The number of rotatable bonds is 5. The van der Waals surface area contributed by atoms with Gasteiger partial charge in [0.15, 0.2) is 0 Å². The summed E-state index contributed by atoms with van der Waals surface area (Å²) in [5.41, 5.74) is 0.154. The van der Waals surface area contributed by atoms with Crippen molar-refractivity contribution in [1.29, 1.82) is 0 Å². The molecule has 7 heteroatoms. The number of fused-ring (bicyclic) bond motifs is 1. The lowest BCUT2D eigenvalue weighted by Crippen LogP contribution is -2.43. The lowest BCUT2D eigenvalue weighted by Gasteiger charge is -2.34. The maximum atomic E-state index is 13.3. The van der Waals surface area contributed by atoms with Crippen LogP contribution in [0.25, 0.3) is 0 Å². The van der Waals surface area contributed by atoms with Crippen LogP contribution in [0.15, 0.2) is 28.7 Å². The Labute approximate surface area is 153 Å². The average Bonchev–Trinajstić information content (AvgIpc) is 3.31. The lowest BCUT2D eigenvalue weighted by molar-refractivity contribution is 0.121. The SMILES string of the molecule is O=S1(=O)N=C(C[C@@H](CC2(O)CC2)c2ccc(F)cc2)OC2CCCCC21. The predicted molar refractivity (Wildman–Crippen MR) is 96.0 cm³/mol. The fourth-order valence-electron chi connectivity index (χ4n) is 4.09. The molecule has 0 spiro atoms. The van der Waals surface area contributed by atoms with Gasteiger partial charge in [0.05, 0.1) is 5.60 Å². The molecule has 2 fully saturated rings. The smallest absolute Gasteiger partial charge is 0.262 e. The van der Waals surface area contributed by atoms with Gasteiger partial charge in [-0.2, -0.15) is 0 Å². The fourth-order valence-corrected chi connectivity index (χ4v) is 5.67. The molecule has 2 saturated carbocycles. The number of aliphatic hydroxyl groups is 1. The van der Waals surface area contributed by atoms with Crippen molar-refractivity contribution in [3.63, 3.8) is 0 Å². The minimum Gasteiger partial charge on any atom is -0.475 e. The van der Waals surface area contributed by atoms with Gasteiger partial charge in [-0.15, -0.1) is 4.40 Å². The molecule has 3 atom stereocenters. The van der Waals surface area contributed by atoms with E-state index in [2.05, 4.69) is 4.40 Å². The summed E-state index contributed by atoms with van der Waals surface area (Å²) < 4.78 is 48.2. The first-order chi connectivity index (χ1) is 12.3. The van der Waals surface area contributed by atoms with Crippen molar-refractivity contribution < 1.29 is 22.7 Å². The second-order valence-corrected chi connectivity index (χ2v) is 9.68. The summed E-state index contributed by atoms with van der Waals surface area (Å²) in [6.45, 7) is 0. The maximum absolute atomic E-state index is 13.3. The largest absolute Gasteiger partial charge is 0.475 e. The van der Waals surface area contributed by atoms with Gasteiger partial charge in [0.2, 0.25) is 5.90 Å². The molecule has 4 rings (SSSR count). The van der Waals surface area contributed by atoms with Crippen LogP contribution in [0.4, 0.5) is 4.39 Å². The molecular formula is C19H24FNO4S. The molecule has 1 N–H and O–H groups in total. The summed E-state index contributed by atoms with van der Waals surface area (Å²) in [6, 6.07) is 6.15. The Morgan fingerprint density at radius 1 is 1.23 bits per heavy atom. The molecule has 1 aromatic rings. The van der Waals surface area contributed by atoms with Crippen molar-refractivity contribution >= 4 is 15.9 Å². The number of hydrogen-bond donors (Lipinski definition) is 1. The Bertz CT molecular complexity index is 801. The third kappa shape index (κ3) is 3.78. The van der Waals surface area contributed by atoms with Gasteiger partial charge in [0, 0.05) is 6.42 Å². The third-order valence-electron chi connectivity index (χ3n) is 5.76. The van der Waals surface area contributed by atoms with Crippen molar-refractivity contribution in [3.05, 3.63) is 35.6 Å². The van der Waals surface area contributed by atoms with E-state index in [0.717, 1.165) is 37.7 Å². The first-order valence-corrected chi connectivity index (χ1v) is 10.8. The minimum atomic E-state index is -3.55. The van der Waals surface area contributed by atoms with E-state index in [-0.39, 0.29) is 23.7 Å². The molecule has 0 bridgehead atoms. The van der Waals surface area contributed by atoms with E-state index in [1.165, 1.54) is 12.1 Å². The number of benzene rings is 1. The van der Waals surface area contributed by atoms with Gasteiger partial charge in [-0.25, -0.2) is 12.8 Å². The fraction of sp³-hybridized carbons (Fsp3) is 0.632. The van der Waals surface area contributed by atoms with Crippen LogP contribution in [-0.4, -0.2) is 36.4 Å². The highest BCUT2D eigenvalue weighted by Gasteiger charge is 2.45. The van der Waals surface area contributed by atoms with E-state index in [1.807, 2.05) is 0 Å². The van der Waals surface area contributed by atoms with E-state index in [0.29, 0.717) is 19.3 Å². The quantitative estimate of drug-likeness (QED) is 0.849. The van der Waals surface area contributed by atoms with Crippen LogP contribution >= 0.6 is 0 Å². The van der Waals surface area contributed by atoms with Gasteiger partial charge in [-0.3, -0.25) is 0 Å². The summed E-state index contributed by atoms with van der Waals surface area (Å²) in [7, 11) is -3.55. The summed E-state index contributed by atoms with van der Waals surface area (Å²) in [6.07, 6.45) is 5.14. The zero-order valence-corrected chi connectivity index (χ0v) is 15.4. The second kappa shape index (κ2) is 6.60. The Hall–Kier alpha value is -1.47. The van der Waals surface area contributed by atoms with Crippen molar-refractivity contribution in [2.45, 2.75) is 74.2 Å². The van der Waals surface area contributed by atoms with E-state index < -0.39 is 20.9 Å². The Balaban J connectivity index is 1.58. The molecular weight excluding hydrogens is 357 g/mol. The molecule has 1 aromatic carbocycles. The zero-order chi connectivity index (χ0) is 18.4. The van der Waals surface area contributed by atoms with Gasteiger partial charge in [-0.1, -0.05) is 18.6 Å². The molecule has 2 aliphatic carbocycles. The van der Waals surface area contributed by atoms with Crippen LogP contribution in [0.1, 0.15) is 62.8 Å². The van der Waals surface area contributed by atoms with Gasteiger partial charge in [0.1, 0.15) is 17.2 Å². The van der Waals surface area contributed by atoms with E-state index in [4.69, 9.17) is 4.74 Å². The number of ether oxygens (including phenoxy) is 1. The van der Waals surface area contributed by atoms with Crippen LogP contribution in [0.5, 0.6) is 0 Å². The molecule has 142 valence electrons. The molecule has 0 aromatic heterocycles. The minimum absolute atomic E-state index is 0.155. The van der Waals surface area contributed by atoms with Gasteiger partial charge in [-0.05, 0) is 62.1 Å². The van der Waals surface area contributed by atoms with Crippen LogP contribution in [0.3, 0.4) is 0 Å². The Morgan fingerprint density at radius 3 is 2.62 bits per heavy atom. The second-order valence-electron chi connectivity index (χ2n) is 7.86. The summed E-state index contributed by atoms with van der Waals surface area (Å²) in [4.78, 5) is 0. The summed E-state index contributed by atoms with van der Waals surface area (Å²) in [5, 5.41) is 9.83. The monoisotopic (exact) mass is 381 g/mol. The predicted octanol–water partition coefficient (Wildman–Crippen LogP) is 3.28. The molecule has 5 nitrogen and oxygen atoms in total. The third-order valence-corrected chi connectivity index (χ3v) is 7.52. The molecule has 0 saturated heterocycles. The van der Waals surface area contributed by atoms with E-state index >= 15 is 0 Å². The van der Waals surface area contributed by atoms with Crippen LogP contribution in [0, 0.1) is 5.82 Å². The van der Waals surface area contributed by atoms with E-state index in [1.54, 1.807) is 12.1 Å². The highest BCUT2D eigenvalue weighted by Crippen LogP contribution is 2.45. The highest BCUT2D eigenvalue weighted by molar-refractivity contribution is 7.91. The van der Waals surface area contributed by atoms with Crippen molar-refractivity contribution in [3.8, 4) is 0 Å². The van der Waals surface area contributed by atoms with Crippen molar-refractivity contribution in [2.24, 2.45) is 4.40 Å². The highest BCUT2D eigenvalue weighted by atomic mass is 32.2. The Kier molecular flexibility index (Phi) is 4.55. The van der Waals surface area contributed by atoms with Gasteiger partial charge >= 0.3 is 0 Å². The summed E-state index contributed by atoms with van der Waals surface area (Å²) in [5.74, 6) is -0.250.